The van der Waals surface area contributed by atoms with Crippen LogP contribution in [0.25, 0.3) is 0 Å². The second kappa shape index (κ2) is 6.88. The van der Waals surface area contributed by atoms with Crippen molar-refractivity contribution in [3.8, 4) is 0 Å². The normalized spacial score (nSPS) is 21.4. The fourth-order valence-corrected chi connectivity index (χ4v) is 3.42. The molecular formula is C20H15FN2O5. The van der Waals surface area contributed by atoms with E-state index in [1.807, 2.05) is 0 Å². The Morgan fingerprint density at radius 1 is 1.00 bits per heavy atom. The summed E-state index contributed by atoms with van der Waals surface area (Å²) < 4.78 is 18.3. The van der Waals surface area contributed by atoms with Gasteiger partial charge in [-0.2, -0.15) is 0 Å². The number of nitrogens with one attached hydrogen (secondary N) is 1. The monoisotopic (exact) mass is 382 g/mol. The quantitative estimate of drug-likeness (QED) is 0.645. The van der Waals surface area contributed by atoms with E-state index >= 15 is 0 Å². The molecule has 1 saturated heterocycles. The second-order valence-corrected chi connectivity index (χ2v) is 6.55. The third-order valence-corrected chi connectivity index (χ3v) is 4.85. The van der Waals surface area contributed by atoms with Crippen LogP contribution < -0.4 is 5.32 Å². The number of cyclic esters (lactones) is 1. The Labute approximate surface area is 159 Å². The summed E-state index contributed by atoms with van der Waals surface area (Å²) in [5.74, 6) is -3.88. The first-order valence-corrected chi connectivity index (χ1v) is 8.66. The van der Waals surface area contributed by atoms with E-state index in [1.54, 1.807) is 36.4 Å². The van der Waals surface area contributed by atoms with Gasteiger partial charge >= 0.3 is 12.0 Å². The highest BCUT2D eigenvalue weighted by molar-refractivity contribution is 6.17. The third kappa shape index (κ3) is 3.02. The van der Waals surface area contributed by atoms with Crippen molar-refractivity contribution in [3.05, 3.63) is 71.0 Å². The molecule has 1 fully saturated rings. The lowest BCUT2D eigenvalue weighted by Crippen LogP contribution is -2.59. The van der Waals surface area contributed by atoms with Crippen molar-refractivity contribution in [2.24, 2.45) is 5.92 Å². The number of nitrogens with zero attached hydrogens (tertiary/aromatic N) is 1. The smallest absolute Gasteiger partial charge is 0.339 e. The first-order valence-electron chi connectivity index (χ1n) is 8.66. The molecule has 8 heteroatoms. The number of rotatable bonds is 4. The van der Waals surface area contributed by atoms with Crippen LogP contribution in [0.4, 0.5) is 9.18 Å². The summed E-state index contributed by atoms with van der Waals surface area (Å²) in [6, 6.07) is 11.4. The molecule has 0 spiro atoms. The highest BCUT2D eigenvalue weighted by Crippen LogP contribution is 2.38. The molecule has 4 amide bonds. The van der Waals surface area contributed by atoms with Gasteiger partial charge in [0.15, 0.2) is 5.92 Å². The predicted octanol–water partition coefficient (Wildman–Crippen LogP) is 1.97. The van der Waals surface area contributed by atoms with Gasteiger partial charge in [-0.15, -0.1) is 0 Å². The van der Waals surface area contributed by atoms with Crippen LogP contribution in [0.15, 0.2) is 48.5 Å². The number of imide groups is 2. The Kier molecular flexibility index (Phi) is 4.38. The molecule has 2 unspecified atom stereocenters. The highest BCUT2D eigenvalue weighted by Gasteiger charge is 2.49. The van der Waals surface area contributed by atoms with Gasteiger partial charge in [0.05, 0.1) is 5.56 Å². The fourth-order valence-electron chi connectivity index (χ4n) is 3.42. The van der Waals surface area contributed by atoms with E-state index in [9.17, 15) is 23.6 Å². The van der Waals surface area contributed by atoms with Gasteiger partial charge in [0.25, 0.3) is 0 Å². The van der Waals surface area contributed by atoms with E-state index in [4.69, 9.17) is 4.74 Å². The number of amides is 4. The van der Waals surface area contributed by atoms with E-state index in [0.29, 0.717) is 17.5 Å². The van der Waals surface area contributed by atoms with Crippen LogP contribution in [0.1, 0.15) is 27.6 Å². The maximum Gasteiger partial charge on any atom is 0.339 e. The van der Waals surface area contributed by atoms with Gasteiger partial charge in [-0.25, -0.2) is 14.0 Å². The molecular weight excluding hydrogens is 367 g/mol. The van der Waals surface area contributed by atoms with Crippen LogP contribution in [0.5, 0.6) is 0 Å². The topological polar surface area (TPSA) is 92.8 Å². The lowest BCUT2D eigenvalue weighted by molar-refractivity contribution is -0.147. The summed E-state index contributed by atoms with van der Waals surface area (Å²) in [4.78, 5) is 50.4. The largest absolute Gasteiger partial charge is 0.452 e. The van der Waals surface area contributed by atoms with E-state index in [-0.39, 0.29) is 12.4 Å². The molecule has 2 atom stereocenters. The van der Waals surface area contributed by atoms with Gasteiger partial charge in [0, 0.05) is 12.1 Å². The molecule has 2 aromatic carbocycles. The zero-order chi connectivity index (χ0) is 19.8. The number of esters is 1. The lowest BCUT2D eigenvalue weighted by atomic mass is 9.91. The molecule has 142 valence electrons. The minimum atomic E-state index is -1.35. The number of carbonyl (C=O) groups excluding carboxylic acids is 4. The number of carbonyl (C=O) groups is 4. The van der Waals surface area contributed by atoms with Gasteiger partial charge < -0.3 is 4.74 Å². The van der Waals surface area contributed by atoms with Gasteiger partial charge in [0.2, 0.25) is 11.8 Å². The van der Waals surface area contributed by atoms with E-state index in [0.717, 1.165) is 10.5 Å². The maximum atomic E-state index is 13.0. The van der Waals surface area contributed by atoms with Crippen LogP contribution in [0, 0.1) is 11.7 Å². The predicted molar refractivity (Wildman–Crippen MR) is 93.4 cm³/mol. The molecule has 0 bridgehead atoms. The van der Waals surface area contributed by atoms with Crippen molar-refractivity contribution in [2.75, 3.05) is 6.54 Å². The van der Waals surface area contributed by atoms with Crippen LogP contribution in [-0.4, -0.2) is 35.3 Å². The lowest BCUT2D eigenvalue weighted by Gasteiger charge is -2.32. The molecule has 0 radical (unpaired) electrons. The molecule has 2 aromatic rings. The second-order valence-electron chi connectivity index (χ2n) is 6.55. The third-order valence-electron chi connectivity index (χ3n) is 4.85. The van der Waals surface area contributed by atoms with Crippen molar-refractivity contribution in [2.45, 2.75) is 12.5 Å². The number of benzene rings is 2. The molecule has 7 nitrogen and oxygen atoms in total. The molecule has 2 heterocycles. The van der Waals surface area contributed by atoms with Gasteiger partial charge in [-0.05, 0) is 30.2 Å². The van der Waals surface area contributed by atoms with Gasteiger partial charge in [0.1, 0.15) is 11.9 Å². The summed E-state index contributed by atoms with van der Waals surface area (Å²) in [6.07, 6.45) is -0.792. The first-order chi connectivity index (χ1) is 13.5. The molecule has 0 saturated carbocycles. The maximum absolute atomic E-state index is 13.0. The van der Waals surface area contributed by atoms with Crippen molar-refractivity contribution in [1.29, 1.82) is 0 Å². The van der Waals surface area contributed by atoms with Crippen LogP contribution in [0.2, 0.25) is 0 Å². The first kappa shape index (κ1) is 17.8. The SMILES string of the molecule is O=C1OC(C2C(=O)NC(=O)N(CCc3ccc(F)cc3)C2=O)c2ccccc21. The van der Waals surface area contributed by atoms with Crippen molar-refractivity contribution in [1.82, 2.24) is 10.2 Å². The Morgan fingerprint density at radius 3 is 2.46 bits per heavy atom. The van der Waals surface area contributed by atoms with Gasteiger partial charge in [-0.1, -0.05) is 30.3 Å². The van der Waals surface area contributed by atoms with Crippen molar-refractivity contribution in [3.63, 3.8) is 0 Å². The molecule has 28 heavy (non-hydrogen) atoms. The molecule has 0 aliphatic carbocycles. The summed E-state index contributed by atoms with van der Waals surface area (Å²) in [5, 5.41) is 2.15. The molecule has 2 aliphatic rings. The number of barbiturate groups is 1. The van der Waals surface area contributed by atoms with Gasteiger partial charge in [-0.3, -0.25) is 19.8 Å². The Morgan fingerprint density at radius 2 is 1.71 bits per heavy atom. The number of urea groups is 1. The van der Waals surface area contributed by atoms with Crippen LogP contribution in [0.3, 0.4) is 0 Å². The van der Waals surface area contributed by atoms with Crippen LogP contribution in [-0.2, 0) is 20.7 Å². The van der Waals surface area contributed by atoms with E-state index < -0.39 is 35.8 Å². The average Bonchev–Trinajstić information content (AvgIpc) is 3.00. The number of hydrogen-bond donors (Lipinski definition) is 1. The number of fused-ring (bicyclic) bond motifs is 1. The highest BCUT2D eigenvalue weighted by atomic mass is 19.1. The standard InChI is InChI=1S/C20H15FN2O5/c21-12-7-5-11(6-8-12)9-10-23-18(25)15(17(24)22-20(23)27)16-13-3-1-2-4-14(13)19(26)28-16/h1-8,15-16H,9-10H2,(H,22,24,27). The van der Waals surface area contributed by atoms with E-state index in [2.05, 4.69) is 5.32 Å². The van der Waals surface area contributed by atoms with Crippen LogP contribution >= 0.6 is 0 Å². The molecule has 1 N–H and O–H groups in total. The Balaban J connectivity index is 1.56. The number of halogens is 1. The molecule has 0 aromatic heterocycles. The number of ether oxygens (including phenoxy) is 1. The molecule has 4 rings (SSSR count). The summed E-state index contributed by atoms with van der Waals surface area (Å²) in [6.45, 7) is 0.00237. The Hall–Kier alpha value is -3.55. The average molecular weight is 382 g/mol. The summed E-state index contributed by atoms with van der Waals surface area (Å²) >= 11 is 0. The van der Waals surface area contributed by atoms with E-state index in [1.165, 1.54) is 12.1 Å². The zero-order valence-electron chi connectivity index (χ0n) is 14.6. The Bertz CT molecular complexity index is 988. The number of hydrogen-bond acceptors (Lipinski definition) is 5. The van der Waals surface area contributed by atoms with Crippen molar-refractivity contribution >= 4 is 23.8 Å². The van der Waals surface area contributed by atoms with Crippen molar-refractivity contribution < 1.29 is 28.3 Å². The fraction of sp³-hybridized carbons (Fsp3) is 0.200. The summed E-state index contributed by atoms with van der Waals surface area (Å²) in [5.41, 5.74) is 1.46. The summed E-state index contributed by atoms with van der Waals surface area (Å²) in [7, 11) is 0. The minimum Gasteiger partial charge on any atom is -0.452 e. The zero-order valence-corrected chi connectivity index (χ0v) is 14.6. The minimum absolute atomic E-state index is 0.00237. The molecule has 2 aliphatic heterocycles.